The number of cyclic esters (lactones) is 1. The second-order valence-electron chi connectivity index (χ2n) is 17.3. The lowest BCUT2D eigenvalue weighted by atomic mass is 9.88. The van der Waals surface area contributed by atoms with Crippen LogP contribution in [0.3, 0.4) is 0 Å². The van der Waals surface area contributed by atoms with E-state index < -0.39 is 126 Å². The van der Waals surface area contributed by atoms with Crippen molar-refractivity contribution in [3.05, 3.63) is 59.9 Å². The number of aliphatic hydroxyl groups excluding tert-OH is 2. The highest BCUT2D eigenvalue weighted by Crippen LogP contribution is 2.26. The van der Waals surface area contributed by atoms with Crippen molar-refractivity contribution in [3.63, 3.8) is 0 Å². The van der Waals surface area contributed by atoms with Crippen LogP contribution in [0, 0.1) is 17.8 Å². The molecule has 2 aliphatic heterocycles. The van der Waals surface area contributed by atoms with Gasteiger partial charge in [0.1, 0.15) is 42.1 Å². The van der Waals surface area contributed by atoms with Gasteiger partial charge in [0.15, 0.2) is 11.7 Å². The van der Waals surface area contributed by atoms with Crippen LogP contribution in [0.1, 0.15) is 76.5 Å². The van der Waals surface area contributed by atoms with E-state index in [2.05, 4.69) is 20.9 Å². The van der Waals surface area contributed by atoms with Gasteiger partial charge in [0.05, 0.1) is 19.3 Å². The molecular weight excluding hydrogens is 833 g/mol. The number of aliphatic hydroxyl groups is 2. The highest BCUT2D eigenvalue weighted by atomic mass is 16.5. The van der Waals surface area contributed by atoms with Gasteiger partial charge < -0.3 is 55.6 Å². The van der Waals surface area contributed by atoms with E-state index in [0.717, 1.165) is 19.6 Å². The molecule has 20 heteroatoms. The molecule has 1 aromatic carbocycles. The minimum Gasteiger partial charge on any atom is -0.505 e. The standard InChI is InChI=1S/C44H62N8O12/c1-23(2)18-29-42(61)52-20-28(54)19-31(52)43(62)49(7)21-33(56)50(8)36(25(5)24(3)4)40(59)47-30(22-53)41(60)51(9)37(27-14-11-10-12-15-27)44(63)64-26(6)34(38(57)46-29)48-39(58)35-32(55)16-13-17-45-35/h10-17,23-26,28-31,34,36-37,53-55H,18-22H2,1-9H3,(H,46,57)(H,47,59)(H,48,58)/t25?,26-,28-,29-,30?,31-,34?,36+,37+/m1/s1. The molecule has 4 rings (SSSR count). The molecule has 3 unspecified atom stereocenters. The van der Waals surface area contributed by atoms with Crippen LogP contribution >= 0.6 is 0 Å². The second kappa shape index (κ2) is 22.0. The van der Waals surface area contributed by atoms with Gasteiger partial charge in [0.2, 0.25) is 35.4 Å². The van der Waals surface area contributed by atoms with E-state index in [9.17, 15) is 53.7 Å². The normalized spacial score (nSPS) is 26.8. The summed E-state index contributed by atoms with van der Waals surface area (Å²) in [5.41, 5.74) is -0.241. The molecule has 2 aromatic rings. The van der Waals surface area contributed by atoms with Crippen LogP contribution in [0.4, 0.5) is 0 Å². The summed E-state index contributed by atoms with van der Waals surface area (Å²) in [6.07, 6.45) is -1.65. The quantitative estimate of drug-likeness (QED) is 0.184. The maximum atomic E-state index is 14.5. The van der Waals surface area contributed by atoms with Gasteiger partial charge in [0.25, 0.3) is 5.91 Å². The molecule has 2 aliphatic rings. The second-order valence-corrected chi connectivity index (χ2v) is 17.3. The van der Waals surface area contributed by atoms with E-state index in [1.165, 1.54) is 58.5 Å². The molecule has 2 fully saturated rings. The molecule has 7 amide bonds. The van der Waals surface area contributed by atoms with Crippen molar-refractivity contribution in [2.45, 2.75) is 103 Å². The Bertz CT molecular complexity index is 2040. The van der Waals surface area contributed by atoms with E-state index in [-0.39, 0.29) is 36.8 Å². The Balaban J connectivity index is 1.88. The van der Waals surface area contributed by atoms with Crippen molar-refractivity contribution in [3.8, 4) is 5.75 Å². The fourth-order valence-corrected chi connectivity index (χ4v) is 7.84. The molecule has 1 aromatic heterocycles. The average molecular weight is 895 g/mol. The van der Waals surface area contributed by atoms with E-state index in [4.69, 9.17) is 4.74 Å². The first kappa shape index (κ1) is 50.5. The molecule has 0 saturated carbocycles. The van der Waals surface area contributed by atoms with Gasteiger partial charge in [-0.05, 0) is 48.8 Å². The Morgan fingerprint density at radius 3 is 2.11 bits per heavy atom. The number of hydrogen-bond acceptors (Lipinski definition) is 13. The molecule has 0 aliphatic carbocycles. The number of nitrogens with zero attached hydrogens (tertiary/aromatic N) is 5. The van der Waals surface area contributed by atoms with Gasteiger partial charge in [-0.2, -0.15) is 0 Å². The first-order valence-electron chi connectivity index (χ1n) is 21.3. The lowest BCUT2D eigenvalue weighted by molar-refractivity contribution is -0.161. The SMILES string of the molecule is CC(C)C[C@H]1NC(=O)C(NC(=O)c2ncccc2O)[C@@H](C)OC(=O)[C@H](c2ccccc2)N(C)C(=O)C(CO)NC(=O)[C@H](C(C)C(C)C)N(C)C(=O)CN(C)C(=O)[C@H]2C[C@@H](O)CN2C1=O. The van der Waals surface area contributed by atoms with Crippen LogP contribution in [0.15, 0.2) is 48.7 Å². The fourth-order valence-electron chi connectivity index (χ4n) is 7.84. The van der Waals surface area contributed by atoms with Crippen molar-refractivity contribution >= 4 is 47.3 Å². The average Bonchev–Trinajstić information content (AvgIpc) is 3.64. The monoisotopic (exact) mass is 894 g/mol. The Hall–Kier alpha value is -6.15. The van der Waals surface area contributed by atoms with Crippen molar-refractivity contribution in [2.24, 2.45) is 17.8 Å². The topological polar surface area (TPSA) is 268 Å². The summed E-state index contributed by atoms with van der Waals surface area (Å²) >= 11 is 0. The maximum Gasteiger partial charge on any atom is 0.333 e. The number of likely N-dealkylation sites (N-methyl/N-ethyl adjacent to an activating group) is 3. The minimum absolute atomic E-state index is 0.0135. The third kappa shape index (κ3) is 11.9. The molecule has 0 spiro atoms. The van der Waals surface area contributed by atoms with E-state index in [0.29, 0.717) is 0 Å². The number of benzene rings is 1. The van der Waals surface area contributed by atoms with Crippen LogP contribution in [0.5, 0.6) is 5.75 Å². The Morgan fingerprint density at radius 1 is 0.875 bits per heavy atom. The number of rotatable bonds is 8. The van der Waals surface area contributed by atoms with E-state index in [1.807, 2.05) is 13.8 Å². The Kier molecular flexibility index (Phi) is 17.3. The molecule has 0 radical (unpaired) electrons. The van der Waals surface area contributed by atoms with Crippen molar-refractivity contribution in [1.82, 2.24) is 40.5 Å². The van der Waals surface area contributed by atoms with Gasteiger partial charge in [-0.3, -0.25) is 33.6 Å². The number of esters is 1. The number of aromatic hydroxyl groups is 1. The van der Waals surface area contributed by atoms with Gasteiger partial charge in [-0.1, -0.05) is 65.0 Å². The number of amides is 7. The summed E-state index contributed by atoms with van der Waals surface area (Å²) in [6.45, 7) is 8.47. The van der Waals surface area contributed by atoms with Crippen molar-refractivity contribution in [1.29, 1.82) is 0 Å². The predicted octanol–water partition coefficient (Wildman–Crippen LogP) is -0.422. The molecule has 3 heterocycles. The molecule has 20 nitrogen and oxygen atoms in total. The molecule has 2 saturated heterocycles. The van der Waals surface area contributed by atoms with Gasteiger partial charge in [0, 0.05) is 40.3 Å². The van der Waals surface area contributed by atoms with Crippen LogP contribution in [-0.4, -0.2) is 170 Å². The summed E-state index contributed by atoms with van der Waals surface area (Å²) in [6, 6.07) is 1.65. The zero-order valence-corrected chi connectivity index (χ0v) is 37.8. The largest absolute Gasteiger partial charge is 0.505 e. The number of carbonyl (C=O) groups excluding carboxylic acids is 8. The van der Waals surface area contributed by atoms with Crippen LogP contribution in [0.2, 0.25) is 0 Å². The molecule has 9 atom stereocenters. The third-order valence-corrected chi connectivity index (χ3v) is 11.8. The van der Waals surface area contributed by atoms with Crippen LogP contribution in [-0.2, 0) is 38.3 Å². The van der Waals surface area contributed by atoms with Gasteiger partial charge in [-0.25, -0.2) is 9.78 Å². The first-order chi connectivity index (χ1) is 30.1. The van der Waals surface area contributed by atoms with Gasteiger partial charge >= 0.3 is 5.97 Å². The summed E-state index contributed by atoms with van der Waals surface area (Å²) in [5, 5.41) is 39.4. The molecule has 6 N–H and O–H groups in total. The first-order valence-corrected chi connectivity index (χ1v) is 21.3. The lowest BCUT2D eigenvalue weighted by Gasteiger charge is -2.37. The Labute approximate surface area is 372 Å². The minimum atomic E-state index is -1.78. The lowest BCUT2D eigenvalue weighted by Crippen LogP contribution is -2.61. The molecule has 64 heavy (non-hydrogen) atoms. The number of carbonyl (C=O) groups is 8. The number of aromatic nitrogens is 1. The third-order valence-electron chi connectivity index (χ3n) is 11.8. The molecule has 350 valence electrons. The zero-order chi connectivity index (χ0) is 47.7. The summed E-state index contributed by atoms with van der Waals surface area (Å²) < 4.78 is 5.88. The van der Waals surface area contributed by atoms with E-state index in [1.54, 1.807) is 39.0 Å². The highest BCUT2D eigenvalue weighted by Gasteiger charge is 2.45. The summed E-state index contributed by atoms with van der Waals surface area (Å²) in [5.74, 6) is -8.52. The van der Waals surface area contributed by atoms with Crippen LogP contribution in [0.25, 0.3) is 0 Å². The highest BCUT2D eigenvalue weighted by molar-refractivity contribution is 6.00. The number of ether oxygens (including phenoxy) is 1. The maximum absolute atomic E-state index is 14.5. The van der Waals surface area contributed by atoms with Crippen LogP contribution < -0.4 is 16.0 Å². The summed E-state index contributed by atoms with van der Waals surface area (Å²) in [4.78, 5) is 122. The molecular formula is C44H62N8O12. The predicted molar refractivity (Wildman–Crippen MR) is 229 cm³/mol. The number of pyridine rings is 1. The molecule has 0 bridgehead atoms. The van der Waals surface area contributed by atoms with E-state index >= 15 is 0 Å². The van der Waals surface area contributed by atoms with Gasteiger partial charge in [-0.15, -0.1) is 0 Å². The van der Waals surface area contributed by atoms with Crippen molar-refractivity contribution < 1.29 is 58.4 Å². The number of nitrogens with one attached hydrogen (secondary N) is 3. The smallest absolute Gasteiger partial charge is 0.333 e. The van der Waals surface area contributed by atoms with Crippen molar-refractivity contribution in [2.75, 3.05) is 40.8 Å². The number of hydrogen-bond donors (Lipinski definition) is 6. The fraction of sp³-hybridized carbons (Fsp3) is 0.568. The summed E-state index contributed by atoms with van der Waals surface area (Å²) in [7, 11) is 3.95. The Morgan fingerprint density at radius 2 is 1.52 bits per heavy atom. The number of fused-ring (bicyclic) bond motifs is 1. The zero-order valence-electron chi connectivity index (χ0n) is 37.8.